The Balaban J connectivity index is 2.07. The zero-order valence-corrected chi connectivity index (χ0v) is 14.9. The Hall–Kier alpha value is -2.22. The molecule has 1 N–H and O–H groups in total. The molecule has 0 radical (unpaired) electrons. The molecular weight excluding hydrogens is 328 g/mol. The first-order valence-electron chi connectivity index (χ1n) is 7.85. The predicted octanol–water partition coefficient (Wildman–Crippen LogP) is 1.46. The Morgan fingerprint density at radius 2 is 2.04 bits per heavy atom. The van der Waals surface area contributed by atoms with Gasteiger partial charge in [0.15, 0.2) is 5.11 Å². The molecule has 1 fully saturated rings. The van der Waals surface area contributed by atoms with E-state index < -0.39 is 5.97 Å². The highest BCUT2D eigenvalue weighted by atomic mass is 32.1. The lowest BCUT2D eigenvalue weighted by Crippen LogP contribution is -2.49. The van der Waals surface area contributed by atoms with E-state index in [9.17, 15) is 9.59 Å². The van der Waals surface area contributed by atoms with Crippen LogP contribution in [0.1, 0.15) is 41.1 Å². The van der Waals surface area contributed by atoms with Crippen LogP contribution in [0, 0.1) is 5.92 Å². The van der Waals surface area contributed by atoms with Gasteiger partial charge in [0.25, 0.3) is 5.91 Å². The minimum atomic E-state index is -0.483. The van der Waals surface area contributed by atoms with Crippen molar-refractivity contribution in [2.75, 3.05) is 26.7 Å². The number of ether oxygens (including phenoxy) is 1. The van der Waals surface area contributed by atoms with Gasteiger partial charge in [-0.05, 0) is 36.7 Å². The second-order valence-corrected chi connectivity index (χ2v) is 6.30. The quantitative estimate of drug-likeness (QED) is 0.651. The van der Waals surface area contributed by atoms with E-state index in [1.165, 1.54) is 25.4 Å². The number of hydrazine groups is 1. The van der Waals surface area contributed by atoms with E-state index in [-0.39, 0.29) is 11.6 Å². The molecule has 0 spiro atoms. The Morgan fingerprint density at radius 1 is 1.33 bits per heavy atom. The Kier molecular flexibility index (Phi) is 6.08. The minimum absolute atomic E-state index is 0.238. The summed E-state index contributed by atoms with van der Waals surface area (Å²) in [6.07, 6.45) is 2.18. The van der Waals surface area contributed by atoms with Crippen LogP contribution in [0.25, 0.3) is 0 Å². The first-order chi connectivity index (χ1) is 11.4. The molecule has 130 valence electrons. The molecule has 0 unspecified atom stereocenters. The fourth-order valence-corrected chi connectivity index (χ4v) is 2.58. The third-order valence-electron chi connectivity index (χ3n) is 3.57. The molecule has 1 aliphatic rings. The zero-order valence-electron chi connectivity index (χ0n) is 14.1. The number of carbonyl (C=O) groups excluding carboxylic acids is 2. The van der Waals surface area contributed by atoms with Crippen molar-refractivity contribution in [3.63, 3.8) is 0 Å². The molecular formula is C16H22N4O3S. The highest BCUT2D eigenvalue weighted by molar-refractivity contribution is 7.80. The molecule has 1 amide bonds. The molecule has 2 heterocycles. The van der Waals surface area contributed by atoms with Crippen LogP contribution in [0.5, 0.6) is 0 Å². The topological polar surface area (TPSA) is 74.8 Å². The summed E-state index contributed by atoms with van der Waals surface area (Å²) in [6, 6.07) is 3.05. The normalized spacial score (nSPS) is 14.0. The van der Waals surface area contributed by atoms with Gasteiger partial charge in [-0.2, -0.15) is 0 Å². The van der Waals surface area contributed by atoms with Crippen molar-refractivity contribution in [2.24, 2.45) is 5.92 Å². The van der Waals surface area contributed by atoms with Crippen molar-refractivity contribution in [1.29, 1.82) is 0 Å². The lowest BCUT2D eigenvalue weighted by atomic mass is 10.2. The average Bonchev–Trinajstić information content (AvgIpc) is 3.08. The number of pyridine rings is 1. The van der Waals surface area contributed by atoms with Crippen LogP contribution in [0.15, 0.2) is 18.3 Å². The monoisotopic (exact) mass is 350 g/mol. The SMILES string of the molecule is COC(=O)c1ccc(C(=O)N2CCCN2C(=S)NCC(C)C)nc1. The Labute approximate surface area is 146 Å². The fourth-order valence-electron chi connectivity index (χ4n) is 2.31. The maximum absolute atomic E-state index is 12.7. The van der Waals surface area contributed by atoms with Crippen LogP contribution in [0.4, 0.5) is 0 Å². The van der Waals surface area contributed by atoms with Gasteiger partial charge in [-0.25, -0.2) is 9.80 Å². The van der Waals surface area contributed by atoms with E-state index in [1.807, 2.05) is 0 Å². The first-order valence-corrected chi connectivity index (χ1v) is 8.26. The van der Waals surface area contributed by atoms with Gasteiger partial charge in [0, 0.05) is 25.8 Å². The molecule has 1 aromatic rings. The van der Waals surface area contributed by atoms with E-state index in [4.69, 9.17) is 12.2 Å². The number of esters is 1. The highest BCUT2D eigenvalue weighted by Gasteiger charge is 2.30. The smallest absolute Gasteiger partial charge is 0.339 e. The largest absolute Gasteiger partial charge is 0.465 e. The van der Waals surface area contributed by atoms with E-state index >= 15 is 0 Å². The van der Waals surface area contributed by atoms with Crippen LogP contribution in [0.3, 0.4) is 0 Å². The standard InChI is InChI=1S/C16H22N4O3S/c1-11(2)9-18-16(24)20-8-4-7-19(20)14(21)13-6-5-12(10-17-13)15(22)23-3/h5-6,10-11H,4,7-9H2,1-3H3,(H,18,24). The van der Waals surface area contributed by atoms with Gasteiger partial charge >= 0.3 is 5.97 Å². The van der Waals surface area contributed by atoms with Crippen molar-refractivity contribution in [3.05, 3.63) is 29.6 Å². The Morgan fingerprint density at radius 3 is 2.62 bits per heavy atom. The molecule has 1 aliphatic heterocycles. The van der Waals surface area contributed by atoms with Crippen LogP contribution in [-0.4, -0.2) is 58.7 Å². The van der Waals surface area contributed by atoms with Crippen molar-refractivity contribution in [1.82, 2.24) is 20.3 Å². The molecule has 0 atom stereocenters. The van der Waals surface area contributed by atoms with Crippen LogP contribution in [0.2, 0.25) is 0 Å². The van der Waals surface area contributed by atoms with Crippen molar-refractivity contribution in [2.45, 2.75) is 20.3 Å². The molecule has 8 heteroatoms. The second kappa shape index (κ2) is 8.05. The van der Waals surface area contributed by atoms with Crippen molar-refractivity contribution >= 4 is 29.2 Å². The van der Waals surface area contributed by atoms with Crippen LogP contribution < -0.4 is 5.32 Å². The number of thiocarbonyl (C=S) groups is 1. The number of hydrogen-bond donors (Lipinski definition) is 1. The van der Waals surface area contributed by atoms with Gasteiger partial charge in [0.2, 0.25) is 0 Å². The molecule has 1 saturated heterocycles. The summed E-state index contributed by atoms with van der Waals surface area (Å²) in [6.45, 7) is 6.21. The third kappa shape index (κ3) is 4.19. The van der Waals surface area contributed by atoms with Crippen molar-refractivity contribution < 1.29 is 14.3 Å². The van der Waals surface area contributed by atoms with E-state index in [0.29, 0.717) is 29.7 Å². The average molecular weight is 350 g/mol. The molecule has 1 aromatic heterocycles. The number of rotatable bonds is 4. The van der Waals surface area contributed by atoms with Gasteiger partial charge in [0.05, 0.1) is 12.7 Å². The van der Waals surface area contributed by atoms with E-state index in [0.717, 1.165) is 13.0 Å². The van der Waals surface area contributed by atoms with Crippen LogP contribution >= 0.6 is 12.2 Å². The number of aromatic nitrogens is 1. The van der Waals surface area contributed by atoms with E-state index in [2.05, 4.69) is 28.9 Å². The minimum Gasteiger partial charge on any atom is -0.465 e. The summed E-state index contributed by atoms with van der Waals surface area (Å²) in [7, 11) is 1.30. The number of carbonyl (C=O) groups is 2. The van der Waals surface area contributed by atoms with Gasteiger partial charge in [0.1, 0.15) is 5.69 Å². The lowest BCUT2D eigenvalue weighted by molar-refractivity contribution is 0.0483. The molecule has 0 bridgehead atoms. The first kappa shape index (κ1) is 18.1. The fraction of sp³-hybridized carbons (Fsp3) is 0.500. The van der Waals surface area contributed by atoms with Gasteiger partial charge in [-0.15, -0.1) is 0 Å². The van der Waals surface area contributed by atoms with Gasteiger partial charge in [-0.1, -0.05) is 13.8 Å². The summed E-state index contributed by atoms with van der Waals surface area (Å²) in [5, 5.41) is 7.08. The summed E-state index contributed by atoms with van der Waals surface area (Å²) < 4.78 is 4.62. The number of amides is 1. The summed E-state index contributed by atoms with van der Waals surface area (Å²) in [5.74, 6) is -0.261. The summed E-state index contributed by atoms with van der Waals surface area (Å²) in [5.41, 5.74) is 0.572. The van der Waals surface area contributed by atoms with Gasteiger partial charge < -0.3 is 10.1 Å². The number of hydrogen-bond acceptors (Lipinski definition) is 5. The molecule has 2 rings (SSSR count). The molecule has 7 nitrogen and oxygen atoms in total. The summed E-state index contributed by atoms with van der Waals surface area (Å²) >= 11 is 5.39. The number of methoxy groups -OCH3 is 1. The maximum Gasteiger partial charge on any atom is 0.339 e. The van der Waals surface area contributed by atoms with Gasteiger partial charge in [-0.3, -0.25) is 14.8 Å². The maximum atomic E-state index is 12.7. The highest BCUT2D eigenvalue weighted by Crippen LogP contribution is 2.15. The second-order valence-electron chi connectivity index (χ2n) is 5.91. The molecule has 0 aromatic carbocycles. The third-order valence-corrected chi connectivity index (χ3v) is 3.92. The summed E-state index contributed by atoms with van der Waals surface area (Å²) in [4.78, 5) is 28.2. The lowest BCUT2D eigenvalue weighted by Gasteiger charge is -2.30. The Bertz CT molecular complexity index is 618. The molecule has 24 heavy (non-hydrogen) atoms. The zero-order chi connectivity index (χ0) is 17.7. The predicted molar refractivity (Wildman–Crippen MR) is 93.4 cm³/mol. The molecule has 0 aliphatic carbocycles. The van der Waals surface area contributed by atoms with Crippen molar-refractivity contribution in [3.8, 4) is 0 Å². The van der Waals surface area contributed by atoms with Crippen LogP contribution in [-0.2, 0) is 4.74 Å². The molecule has 0 saturated carbocycles. The number of nitrogens with one attached hydrogen (secondary N) is 1. The van der Waals surface area contributed by atoms with E-state index in [1.54, 1.807) is 10.0 Å². The number of nitrogens with zero attached hydrogens (tertiary/aromatic N) is 3.